The van der Waals surface area contributed by atoms with Gasteiger partial charge in [0.05, 0.1) is 0 Å². The Hall–Kier alpha value is -1.61. The molecule has 3 nitrogen and oxygen atoms in total. The molecular formula is C12H12ClN3. The van der Waals surface area contributed by atoms with Crippen LogP contribution in [-0.4, -0.2) is 16.5 Å². The lowest BCUT2D eigenvalue weighted by Crippen LogP contribution is -2.18. The highest BCUT2D eigenvalue weighted by Crippen LogP contribution is 2.21. The van der Waals surface area contributed by atoms with Crippen LogP contribution in [0.2, 0.25) is 5.15 Å². The lowest BCUT2D eigenvalue weighted by atomic mass is 10.3. The van der Waals surface area contributed by atoms with Gasteiger partial charge in [-0.25, -0.2) is 9.97 Å². The molecule has 2 rings (SSSR count). The van der Waals surface area contributed by atoms with Gasteiger partial charge in [0.15, 0.2) is 0 Å². The van der Waals surface area contributed by atoms with Gasteiger partial charge in [0, 0.05) is 18.4 Å². The molecule has 2 aromatic rings. The minimum atomic E-state index is 0.458. The fraction of sp³-hybridized carbons (Fsp3) is 0.167. The second-order valence-electron chi connectivity index (χ2n) is 3.26. The van der Waals surface area contributed by atoms with E-state index in [1.807, 2.05) is 35.2 Å². The number of hydrogen-bond acceptors (Lipinski definition) is 3. The molecule has 0 spiro atoms. The number of halogens is 1. The van der Waals surface area contributed by atoms with Crippen molar-refractivity contribution in [2.24, 2.45) is 0 Å². The first-order valence-electron chi connectivity index (χ1n) is 5.12. The van der Waals surface area contributed by atoms with Gasteiger partial charge in [-0.1, -0.05) is 29.8 Å². The largest absolute Gasteiger partial charge is 0.311 e. The number of nitrogens with zero attached hydrogens (tertiary/aromatic N) is 3. The minimum Gasteiger partial charge on any atom is -0.311 e. The predicted octanol–water partition coefficient (Wildman–Crippen LogP) is 3.29. The van der Waals surface area contributed by atoms with Gasteiger partial charge < -0.3 is 4.90 Å². The number of rotatable bonds is 3. The molecular weight excluding hydrogens is 222 g/mol. The summed E-state index contributed by atoms with van der Waals surface area (Å²) < 4.78 is 0. The van der Waals surface area contributed by atoms with Crippen molar-refractivity contribution < 1.29 is 0 Å². The van der Waals surface area contributed by atoms with Crippen LogP contribution in [0.1, 0.15) is 6.92 Å². The summed E-state index contributed by atoms with van der Waals surface area (Å²) in [5.41, 5.74) is 1.06. The van der Waals surface area contributed by atoms with Gasteiger partial charge in [0.2, 0.25) is 5.95 Å². The first kappa shape index (κ1) is 10.9. The summed E-state index contributed by atoms with van der Waals surface area (Å²) in [5, 5.41) is 0.458. The van der Waals surface area contributed by atoms with E-state index >= 15 is 0 Å². The topological polar surface area (TPSA) is 29.0 Å². The zero-order valence-electron chi connectivity index (χ0n) is 8.97. The Bertz CT molecular complexity index is 459. The van der Waals surface area contributed by atoms with E-state index in [0.29, 0.717) is 11.1 Å². The Balaban J connectivity index is 2.37. The molecule has 0 saturated heterocycles. The van der Waals surface area contributed by atoms with Gasteiger partial charge in [0.25, 0.3) is 0 Å². The number of para-hydroxylation sites is 1. The first-order chi connectivity index (χ1) is 7.81. The highest BCUT2D eigenvalue weighted by atomic mass is 35.5. The lowest BCUT2D eigenvalue weighted by Gasteiger charge is -2.20. The van der Waals surface area contributed by atoms with E-state index in [2.05, 4.69) is 16.9 Å². The van der Waals surface area contributed by atoms with Crippen molar-refractivity contribution in [2.45, 2.75) is 6.92 Å². The van der Waals surface area contributed by atoms with Crippen molar-refractivity contribution in [1.82, 2.24) is 9.97 Å². The Kier molecular flexibility index (Phi) is 3.37. The third-order valence-corrected chi connectivity index (χ3v) is 2.44. The van der Waals surface area contributed by atoms with E-state index in [4.69, 9.17) is 11.6 Å². The maximum absolute atomic E-state index is 5.86. The monoisotopic (exact) mass is 233 g/mol. The minimum absolute atomic E-state index is 0.458. The van der Waals surface area contributed by atoms with E-state index in [1.165, 1.54) is 0 Å². The molecule has 0 N–H and O–H groups in total. The molecule has 0 saturated carbocycles. The molecule has 1 heterocycles. The summed E-state index contributed by atoms with van der Waals surface area (Å²) in [6, 6.07) is 11.7. The molecule has 0 aliphatic heterocycles. The first-order valence-corrected chi connectivity index (χ1v) is 5.50. The molecule has 0 atom stereocenters. The molecule has 0 aliphatic carbocycles. The summed E-state index contributed by atoms with van der Waals surface area (Å²) in [4.78, 5) is 10.4. The van der Waals surface area contributed by atoms with Crippen LogP contribution in [0.5, 0.6) is 0 Å². The molecule has 0 aliphatic rings. The second kappa shape index (κ2) is 4.94. The van der Waals surface area contributed by atoms with Crippen molar-refractivity contribution in [3.63, 3.8) is 0 Å². The van der Waals surface area contributed by atoms with Gasteiger partial charge in [-0.15, -0.1) is 0 Å². The lowest BCUT2D eigenvalue weighted by molar-refractivity contribution is 0.946. The van der Waals surface area contributed by atoms with Crippen molar-refractivity contribution in [3.8, 4) is 0 Å². The Morgan fingerprint density at radius 2 is 1.94 bits per heavy atom. The summed E-state index contributed by atoms with van der Waals surface area (Å²) in [6.45, 7) is 2.85. The fourth-order valence-electron chi connectivity index (χ4n) is 1.50. The van der Waals surface area contributed by atoms with Crippen molar-refractivity contribution in [3.05, 3.63) is 47.7 Å². The Morgan fingerprint density at radius 1 is 1.19 bits per heavy atom. The SMILES string of the molecule is CCN(c1ccccc1)c1nccc(Cl)n1. The highest BCUT2D eigenvalue weighted by molar-refractivity contribution is 6.29. The molecule has 1 aromatic carbocycles. The van der Waals surface area contributed by atoms with E-state index in [9.17, 15) is 0 Å². The molecule has 4 heteroatoms. The zero-order valence-corrected chi connectivity index (χ0v) is 9.72. The van der Waals surface area contributed by atoms with Crippen molar-refractivity contribution in [1.29, 1.82) is 0 Å². The maximum Gasteiger partial charge on any atom is 0.231 e. The third-order valence-electron chi connectivity index (χ3n) is 2.23. The van der Waals surface area contributed by atoms with Crippen molar-refractivity contribution in [2.75, 3.05) is 11.4 Å². The van der Waals surface area contributed by atoms with Crippen LogP contribution < -0.4 is 4.90 Å². The highest BCUT2D eigenvalue weighted by Gasteiger charge is 2.09. The van der Waals surface area contributed by atoms with Gasteiger partial charge in [-0.05, 0) is 25.1 Å². The van der Waals surface area contributed by atoms with Gasteiger partial charge in [-0.2, -0.15) is 0 Å². The third kappa shape index (κ3) is 2.31. The van der Waals surface area contributed by atoms with Gasteiger partial charge >= 0.3 is 0 Å². The maximum atomic E-state index is 5.86. The average molecular weight is 234 g/mol. The van der Waals surface area contributed by atoms with Crippen LogP contribution in [0.3, 0.4) is 0 Å². The molecule has 1 aromatic heterocycles. The van der Waals surface area contributed by atoms with Crippen LogP contribution in [0.25, 0.3) is 0 Å². The molecule has 0 unspecified atom stereocenters. The molecule has 0 radical (unpaired) electrons. The van der Waals surface area contributed by atoms with Crippen molar-refractivity contribution >= 4 is 23.2 Å². The van der Waals surface area contributed by atoms with Crippen LogP contribution in [-0.2, 0) is 0 Å². The molecule has 0 amide bonds. The normalized spacial score (nSPS) is 10.1. The average Bonchev–Trinajstić information content (AvgIpc) is 2.31. The smallest absolute Gasteiger partial charge is 0.231 e. The van der Waals surface area contributed by atoms with Gasteiger partial charge in [-0.3, -0.25) is 0 Å². The quantitative estimate of drug-likeness (QED) is 0.762. The predicted molar refractivity (Wildman–Crippen MR) is 66.2 cm³/mol. The van der Waals surface area contributed by atoms with E-state index in [0.717, 1.165) is 12.2 Å². The number of hydrogen-bond donors (Lipinski definition) is 0. The van der Waals surface area contributed by atoms with Crippen LogP contribution in [0.15, 0.2) is 42.6 Å². The summed E-state index contributed by atoms with van der Waals surface area (Å²) in [7, 11) is 0. The van der Waals surface area contributed by atoms with Crippen LogP contribution >= 0.6 is 11.6 Å². The number of aromatic nitrogens is 2. The zero-order chi connectivity index (χ0) is 11.4. The molecule has 16 heavy (non-hydrogen) atoms. The second-order valence-corrected chi connectivity index (χ2v) is 3.65. The summed E-state index contributed by atoms with van der Waals surface area (Å²) in [6.07, 6.45) is 1.66. The van der Waals surface area contributed by atoms with Crippen LogP contribution in [0.4, 0.5) is 11.6 Å². The molecule has 0 bridgehead atoms. The molecule has 0 fully saturated rings. The Labute approximate surface area is 99.7 Å². The van der Waals surface area contributed by atoms with Crippen LogP contribution in [0, 0.1) is 0 Å². The fourth-order valence-corrected chi connectivity index (χ4v) is 1.64. The number of benzene rings is 1. The van der Waals surface area contributed by atoms with E-state index in [1.54, 1.807) is 12.3 Å². The van der Waals surface area contributed by atoms with Gasteiger partial charge in [0.1, 0.15) is 5.15 Å². The summed E-state index contributed by atoms with van der Waals surface area (Å²) >= 11 is 5.86. The Morgan fingerprint density at radius 3 is 2.56 bits per heavy atom. The van der Waals surface area contributed by atoms with E-state index in [-0.39, 0.29) is 0 Å². The number of anilines is 2. The summed E-state index contributed by atoms with van der Waals surface area (Å²) in [5.74, 6) is 0.626. The molecule has 82 valence electrons. The van der Waals surface area contributed by atoms with E-state index < -0.39 is 0 Å². The standard InChI is InChI=1S/C12H12ClN3/c1-2-16(10-6-4-3-5-7-10)12-14-9-8-11(13)15-12/h3-9H,2H2,1H3.